The molecule has 0 aromatic carbocycles. The van der Waals surface area contributed by atoms with Crippen molar-refractivity contribution in [3.63, 3.8) is 0 Å². The summed E-state index contributed by atoms with van der Waals surface area (Å²) in [5, 5.41) is -0.398. The first-order valence-corrected chi connectivity index (χ1v) is 6.66. The van der Waals surface area contributed by atoms with Crippen LogP contribution in [0.15, 0.2) is 12.2 Å². The summed E-state index contributed by atoms with van der Waals surface area (Å²) in [7, 11) is -2.90. The summed E-state index contributed by atoms with van der Waals surface area (Å²) in [4.78, 5) is 0. The van der Waals surface area contributed by atoms with E-state index in [9.17, 15) is 8.42 Å². The molecular weight excluding hydrogens is 208 g/mol. The zero-order valence-electron chi connectivity index (χ0n) is 7.79. The molecule has 2 atom stereocenters. The maximum absolute atomic E-state index is 11.5. The van der Waals surface area contributed by atoms with Gasteiger partial charge >= 0.3 is 0 Å². The van der Waals surface area contributed by atoms with Crippen LogP contribution in [0.1, 0.15) is 26.2 Å². The molecule has 2 nitrogen and oxygen atoms in total. The van der Waals surface area contributed by atoms with Crippen molar-refractivity contribution in [1.82, 2.24) is 0 Å². The first kappa shape index (κ1) is 11.1. The highest BCUT2D eigenvalue weighted by Crippen LogP contribution is 2.30. The highest BCUT2D eigenvalue weighted by molar-refractivity contribution is 7.92. The van der Waals surface area contributed by atoms with Crippen LogP contribution < -0.4 is 0 Å². The molecule has 0 aromatic heterocycles. The van der Waals surface area contributed by atoms with Gasteiger partial charge in [-0.2, -0.15) is 0 Å². The van der Waals surface area contributed by atoms with Crippen LogP contribution in [-0.4, -0.2) is 24.8 Å². The Morgan fingerprint density at radius 2 is 2.23 bits per heavy atom. The van der Waals surface area contributed by atoms with Crippen molar-refractivity contribution >= 4 is 21.4 Å². The molecule has 1 aliphatic rings. The van der Waals surface area contributed by atoms with E-state index in [1.807, 2.05) is 0 Å². The molecule has 0 N–H and O–H groups in total. The summed E-state index contributed by atoms with van der Waals surface area (Å²) in [6.45, 7) is 5.49. The predicted molar refractivity (Wildman–Crippen MR) is 55.9 cm³/mol. The number of allylic oxidation sites excluding steroid dienone is 1. The number of alkyl halides is 1. The maximum Gasteiger partial charge on any atom is 0.152 e. The standard InChI is InChI=1S/C9H15ClO2S/c1-3-13(11,12)8-5-4-7(2)9(10)6-8/h8-9H,2-6H2,1H3. The molecule has 1 rings (SSSR count). The summed E-state index contributed by atoms with van der Waals surface area (Å²) in [6.07, 6.45) is 1.98. The van der Waals surface area contributed by atoms with Crippen molar-refractivity contribution in [3.05, 3.63) is 12.2 Å². The first-order valence-electron chi connectivity index (χ1n) is 4.50. The van der Waals surface area contributed by atoms with Gasteiger partial charge in [0.25, 0.3) is 0 Å². The fraction of sp³-hybridized carbons (Fsp3) is 0.778. The maximum atomic E-state index is 11.5. The monoisotopic (exact) mass is 222 g/mol. The molecule has 4 heteroatoms. The molecule has 0 aromatic rings. The van der Waals surface area contributed by atoms with Crippen molar-refractivity contribution in [3.8, 4) is 0 Å². The number of hydrogen-bond acceptors (Lipinski definition) is 2. The Bertz CT molecular complexity index is 295. The van der Waals surface area contributed by atoms with Crippen LogP contribution in [0.3, 0.4) is 0 Å². The van der Waals surface area contributed by atoms with Crippen molar-refractivity contribution in [2.45, 2.75) is 36.8 Å². The van der Waals surface area contributed by atoms with E-state index in [1.165, 1.54) is 0 Å². The van der Waals surface area contributed by atoms with E-state index in [2.05, 4.69) is 6.58 Å². The third kappa shape index (κ3) is 2.47. The topological polar surface area (TPSA) is 34.1 Å². The van der Waals surface area contributed by atoms with Gasteiger partial charge < -0.3 is 0 Å². The zero-order valence-corrected chi connectivity index (χ0v) is 9.37. The van der Waals surface area contributed by atoms with Gasteiger partial charge in [0.2, 0.25) is 0 Å². The lowest BCUT2D eigenvalue weighted by Crippen LogP contribution is -2.30. The van der Waals surface area contributed by atoms with Crippen LogP contribution in [-0.2, 0) is 9.84 Å². The van der Waals surface area contributed by atoms with Crippen LogP contribution in [0.25, 0.3) is 0 Å². The first-order chi connectivity index (χ1) is 5.97. The Hall–Kier alpha value is -0.0200. The molecule has 0 saturated heterocycles. The second-order valence-electron chi connectivity index (χ2n) is 3.47. The summed E-state index contributed by atoms with van der Waals surface area (Å²) >= 11 is 5.96. The smallest absolute Gasteiger partial charge is 0.152 e. The lowest BCUT2D eigenvalue weighted by molar-refractivity contribution is 0.541. The van der Waals surface area contributed by atoms with Crippen LogP contribution in [0, 0.1) is 0 Å². The van der Waals surface area contributed by atoms with Gasteiger partial charge in [-0.25, -0.2) is 8.42 Å². The minimum absolute atomic E-state index is 0.153. The molecule has 0 spiro atoms. The van der Waals surface area contributed by atoms with E-state index >= 15 is 0 Å². The fourth-order valence-electron chi connectivity index (χ4n) is 1.58. The van der Waals surface area contributed by atoms with E-state index in [-0.39, 0.29) is 16.4 Å². The Balaban J connectivity index is 2.71. The van der Waals surface area contributed by atoms with Crippen LogP contribution in [0.2, 0.25) is 0 Å². The normalized spacial score (nSPS) is 30.5. The molecule has 1 fully saturated rings. The summed E-state index contributed by atoms with van der Waals surface area (Å²) in [6, 6.07) is 0. The number of rotatable bonds is 2. The molecule has 0 heterocycles. The Kier molecular flexibility index (Phi) is 3.41. The lowest BCUT2D eigenvalue weighted by Gasteiger charge is -2.26. The van der Waals surface area contributed by atoms with E-state index in [4.69, 9.17) is 11.6 Å². The second-order valence-corrected chi connectivity index (χ2v) is 6.57. The Morgan fingerprint density at radius 3 is 2.69 bits per heavy atom. The molecular formula is C9H15ClO2S. The molecule has 13 heavy (non-hydrogen) atoms. The van der Waals surface area contributed by atoms with Gasteiger partial charge in [0.1, 0.15) is 0 Å². The van der Waals surface area contributed by atoms with Crippen molar-refractivity contribution < 1.29 is 8.42 Å². The van der Waals surface area contributed by atoms with Crippen molar-refractivity contribution in [2.24, 2.45) is 0 Å². The SMILES string of the molecule is C=C1CCC(S(=O)(=O)CC)CC1Cl. The molecule has 0 radical (unpaired) electrons. The second kappa shape index (κ2) is 4.01. The highest BCUT2D eigenvalue weighted by Gasteiger charge is 2.31. The summed E-state index contributed by atoms with van der Waals surface area (Å²) < 4.78 is 23.0. The quantitative estimate of drug-likeness (QED) is 0.530. The molecule has 1 aliphatic carbocycles. The van der Waals surface area contributed by atoms with Crippen molar-refractivity contribution in [1.29, 1.82) is 0 Å². The van der Waals surface area contributed by atoms with E-state index in [1.54, 1.807) is 6.92 Å². The van der Waals surface area contributed by atoms with Gasteiger partial charge in [-0.3, -0.25) is 0 Å². The minimum Gasteiger partial charge on any atom is -0.229 e. The van der Waals surface area contributed by atoms with Gasteiger partial charge in [0.15, 0.2) is 9.84 Å². The average molecular weight is 223 g/mol. The van der Waals surface area contributed by atoms with E-state index < -0.39 is 9.84 Å². The predicted octanol–water partition coefficient (Wildman–Crippen LogP) is 2.14. The number of halogens is 1. The molecule has 2 unspecified atom stereocenters. The van der Waals surface area contributed by atoms with E-state index in [0.29, 0.717) is 12.8 Å². The third-order valence-electron chi connectivity index (χ3n) is 2.61. The third-order valence-corrected chi connectivity index (χ3v) is 5.35. The molecule has 0 aliphatic heterocycles. The molecule has 76 valence electrons. The fourth-order valence-corrected chi connectivity index (χ4v) is 3.44. The van der Waals surface area contributed by atoms with Gasteiger partial charge in [-0.05, 0) is 19.3 Å². The van der Waals surface area contributed by atoms with Gasteiger partial charge in [-0.1, -0.05) is 19.1 Å². The Labute approximate surface area is 84.9 Å². The Morgan fingerprint density at radius 1 is 1.62 bits per heavy atom. The van der Waals surface area contributed by atoms with Gasteiger partial charge in [0, 0.05) is 5.75 Å². The summed E-state index contributed by atoms with van der Waals surface area (Å²) in [5.74, 6) is 0.216. The molecule has 0 amide bonds. The van der Waals surface area contributed by atoms with Gasteiger partial charge in [-0.15, -0.1) is 11.6 Å². The number of sulfone groups is 1. The minimum atomic E-state index is -2.90. The highest BCUT2D eigenvalue weighted by atomic mass is 35.5. The molecule has 1 saturated carbocycles. The van der Waals surface area contributed by atoms with E-state index in [0.717, 1.165) is 12.0 Å². The molecule has 0 bridgehead atoms. The number of hydrogen-bond donors (Lipinski definition) is 0. The largest absolute Gasteiger partial charge is 0.229 e. The lowest BCUT2D eigenvalue weighted by atomic mass is 9.95. The van der Waals surface area contributed by atoms with Crippen molar-refractivity contribution in [2.75, 3.05) is 5.75 Å². The van der Waals surface area contributed by atoms with Gasteiger partial charge in [0.05, 0.1) is 10.6 Å². The van der Waals surface area contributed by atoms with Crippen LogP contribution in [0.4, 0.5) is 0 Å². The zero-order chi connectivity index (χ0) is 10.1. The van der Waals surface area contributed by atoms with Crippen LogP contribution >= 0.6 is 11.6 Å². The van der Waals surface area contributed by atoms with Crippen LogP contribution in [0.5, 0.6) is 0 Å². The average Bonchev–Trinajstić information content (AvgIpc) is 2.09. The summed E-state index contributed by atoms with van der Waals surface area (Å²) in [5.41, 5.74) is 0.976.